The number of carbonyl (C=O) groups excluding carboxylic acids is 1. The molecule has 0 saturated heterocycles. The van der Waals surface area contributed by atoms with E-state index in [1.54, 1.807) is 11.8 Å². The number of rotatable bonds is 5. The van der Waals surface area contributed by atoms with Gasteiger partial charge in [-0.25, -0.2) is 0 Å². The molecule has 0 heterocycles. The van der Waals surface area contributed by atoms with Crippen LogP contribution in [0.15, 0.2) is 41.3 Å². The molecule has 0 aromatic heterocycles. The average Bonchev–Trinajstić information content (AvgIpc) is 3.14. The number of carbonyl (C=O) groups is 2. The Morgan fingerprint density at radius 3 is 2.41 bits per heavy atom. The molecule has 4 unspecified atom stereocenters. The van der Waals surface area contributed by atoms with Crippen molar-refractivity contribution in [1.82, 2.24) is 5.32 Å². The van der Waals surface area contributed by atoms with Crippen LogP contribution in [0.3, 0.4) is 0 Å². The first-order valence-corrected chi connectivity index (χ1v) is 8.64. The summed E-state index contributed by atoms with van der Waals surface area (Å²) in [7, 11) is 0. The van der Waals surface area contributed by atoms with Crippen LogP contribution >= 0.6 is 11.8 Å². The van der Waals surface area contributed by atoms with Gasteiger partial charge in [-0.05, 0) is 42.2 Å². The number of nitrogens with one attached hydrogen (secondary N) is 1. The maximum Gasteiger partial charge on any atom is 0.307 e. The van der Waals surface area contributed by atoms with Gasteiger partial charge in [0.1, 0.15) is 0 Å². The molecule has 0 radical (unpaired) electrons. The van der Waals surface area contributed by atoms with Gasteiger partial charge in [0.2, 0.25) is 5.91 Å². The quantitative estimate of drug-likeness (QED) is 0.647. The molecule has 1 aromatic rings. The Kier molecular flexibility index (Phi) is 4.25. The highest BCUT2D eigenvalue weighted by atomic mass is 32.2. The first-order valence-electron chi connectivity index (χ1n) is 7.42. The number of benzene rings is 1. The third-order valence-electron chi connectivity index (χ3n) is 4.67. The molecule has 116 valence electrons. The second-order valence-electron chi connectivity index (χ2n) is 5.90. The van der Waals surface area contributed by atoms with Gasteiger partial charge < -0.3 is 10.4 Å². The van der Waals surface area contributed by atoms with Crippen molar-refractivity contribution >= 4 is 23.6 Å². The van der Waals surface area contributed by atoms with Crippen molar-refractivity contribution in [2.75, 3.05) is 6.26 Å². The Balaban J connectivity index is 1.64. The molecule has 2 aliphatic carbocycles. The van der Waals surface area contributed by atoms with E-state index in [0.717, 1.165) is 12.0 Å². The van der Waals surface area contributed by atoms with Crippen molar-refractivity contribution in [2.45, 2.75) is 17.9 Å². The number of aliphatic carboxylic acids is 1. The van der Waals surface area contributed by atoms with Crippen LogP contribution in [0.2, 0.25) is 0 Å². The molecule has 2 N–H and O–H groups in total. The molecule has 4 nitrogen and oxygen atoms in total. The zero-order chi connectivity index (χ0) is 15.7. The van der Waals surface area contributed by atoms with Crippen molar-refractivity contribution in [1.29, 1.82) is 0 Å². The van der Waals surface area contributed by atoms with Gasteiger partial charge in [0.05, 0.1) is 11.8 Å². The maximum absolute atomic E-state index is 12.4. The van der Waals surface area contributed by atoms with Gasteiger partial charge in [0.15, 0.2) is 0 Å². The molecule has 22 heavy (non-hydrogen) atoms. The van der Waals surface area contributed by atoms with E-state index in [1.165, 1.54) is 4.90 Å². The lowest BCUT2D eigenvalue weighted by Crippen LogP contribution is -2.39. The Labute approximate surface area is 134 Å². The van der Waals surface area contributed by atoms with Crippen LogP contribution in [0.5, 0.6) is 0 Å². The number of hydrogen-bond acceptors (Lipinski definition) is 3. The van der Waals surface area contributed by atoms with Crippen LogP contribution in [-0.4, -0.2) is 23.2 Å². The lowest BCUT2D eigenvalue weighted by atomic mass is 9.82. The van der Waals surface area contributed by atoms with Gasteiger partial charge in [-0.1, -0.05) is 24.3 Å². The first-order chi connectivity index (χ1) is 10.6. The SMILES string of the molecule is CSc1ccc(CNC(=O)C2C3C=CC(C3)C2C(=O)O)cc1. The molecule has 4 atom stereocenters. The molecular weight excluding hydrogens is 298 g/mol. The van der Waals surface area contributed by atoms with E-state index in [0.29, 0.717) is 6.54 Å². The summed E-state index contributed by atoms with van der Waals surface area (Å²) in [5.41, 5.74) is 1.02. The first kappa shape index (κ1) is 15.2. The van der Waals surface area contributed by atoms with Gasteiger partial charge in [-0.3, -0.25) is 9.59 Å². The smallest absolute Gasteiger partial charge is 0.307 e. The van der Waals surface area contributed by atoms with Crippen LogP contribution < -0.4 is 5.32 Å². The lowest BCUT2D eigenvalue weighted by Gasteiger charge is -2.23. The molecule has 2 bridgehead atoms. The summed E-state index contributed by atoms with van der Waals surface area (Å²) in [6, 6.07) is 8.02. The fourth-order valence-corrected chi connectivity index (χ4v) is 3.98. The van der Waals surface area contributed by atoms with Crippen LogP contribution in [0.25, 0.3) is 0 Å². The summed E-state index contributed by atoms with van der Waals surface area (Å²) in [5, 5.41) is 12.3. The highest BCUT2D eigenvalue weighted by Crippen LogP contribution is 2.48. The molecule has 5 heteroatoms. The molecule has 1 saturated carbocycles. The Hall–Kier alpha value is -1.75. The molecule has 1 amide bonds. The van der Waals surface area contributed by atoms with Crippen molar-refractivity contribution < 1.29 is 14.7 Å². The monoisotopic (exact) mass is 317 g/mol. The zero-order valence-corrected chi connectivity index (χ0v) is 13.2. The van der Waals surface area contributed by atoms with E-state index in [1.807, 2.05) is 42.7 Å². The molecule has 3 rings (SSSR count). The van der Waals surface area contributed by atoms with Gasteiger partial charge in [0, 0.05) is 11.4 Å². The van der Waals surface area contributed by atoms with Crippen molar-refractivity contribution in [2.24, 2.45) is 23.7 Å². The number of allylic oxidation sites excluding steroid dienone is 2. The average molecular weight is 317 g/mol. The van der Waals surface area contributed by atoms with Gasteiger partial charge in [-0.2, -0.15) is 0 Å². The van der Waals surface area contributed by atoms with Gasteiger partial charge in [0.25, 0.3) is 0 Å². The van der Waals surface area contributed by atoms with Crippen LogP contribution in [-0.2, 0) is 16.1 Å². The molecular formula is C17H19NO3S. The number of hydrogen-bond donors (Lipinski definition) is 2. The standard InChI is InChI=1S/C17H19NO3S/c1-22-13-6-2-10(3-7-13)9-18-16(19)14-11-4-5-12(8-11)15(14)17(20)21/h2-7,11-12,14-15H,8-9H2,1H3,(H,18,19)(H,20,21). The van der Waals surface area contributed by atoms with Gasteiger partial charge >= 0.3 is 5.97 Å². The number of amides is 1. The van der Waals surface area contributed by atoms with E-state index < -0.39 is 17.8 Å². The highest BCUT2D eigenvalue weighted by Gasteiger charge is 2.51. The number of thioether (sulfide) groups is 1. The van der Waals surface area contributed by atoms with Gasteiger partial charge in [-0.15, -0.1) is 11.8 Å². The van der Waals surface area contributed by atoms with Crippen LogP contribution in [0, 0.1) is 23.7 Å². The Morgan fingerprint density at radius 2 is 1.82 bits per heavy atom. The topological polar surface area (TPSA) is 66.4 Å². The second kappa shape index (κ2) is 6.16. The Morgan fingerprint density at radius 1 is 1.18 bits per heavy atom. The van der Waals surface area contributed by atoms with Crippen molar-refractivity contribution in [3.8, 4) is 0 Å². The van der Waals surface area contributed by atoms with Crippen molar-refractivity contribution in [3.05, 3.63) is 42.0 Å². The van der Waals surface area contributed by atoms with E-state index in [4.69, 9.17) is 0 Å². The maximum atomic E-state index is 12.4. The third kappa shape index (κ3) is 2.77. The minimum absolute atomic E-state index is 0.0131. The number of carboxylic acids is 1. The summed E-state index contributed by atoms with van der Waals surface area (Å²) >= 11 is 1.67. The normalized spacial score (nSPS) is 28.8. The predicted molar refractivity (Wildman–Crippen MR) is 85.4 cm³/mol. The van der Waals surface area contributed by atoms with E-state index in [9.17, 15) is 14.7 Å². The summed E-state index contributed by atoms with van der Waals surface area (Å²) in [5.74, 6) is -1.92. The lowest BCUT2D eigenvalue weighted by molar-refractivity contribution is -0.147. The molecule has 2 aliphatic rings. The third-order valence-corrected chi connectivity index (χ3v) is 5.42. The summed E-state index contributed by atoms with van der Waals surface area (Å²) in [4.78, 5) is 25.0. The van der Waals surface area contributed by atoms with Crippen LogP contribution in [0.4, 0.5) is 0 Å². The summed E-state index contributed by atoms with van der Waals surface area (Å²) in [6.45, 7) is 0.442. The van der Waals surface area contributed by atoms with E-state index in [-0.39, 0.29) is 17.7 Å². The van der Waals surface area contributed by atoms with E-state index >= 15 is 0 Å². The summed E-state index contributed by atoms with van der Waals surface area (Å²) < 4.78 is 0. The number of fused-ring (bicyclic) bond motifs is 2. The molecule has 1 fully saturated rings. The minimum Gasteiger partial charge on any atom is -0.481 e. The fourth-order valence-electron chi connectivity index (χ4n) is 3.57. The second-order valence-corrected chi connectivity index (χ2v) is 6.78. The summed E-state index contributed by atoms with van der Waals surface area (Å²) in [6.07, 6.45) is 6.76. The van der Waals surface area contributed by atoms with Crippen molar-refractivity contribution in [3.63, 3.8) is 0 Å². The molecule has 1 aromatic carbocycles. The highest BCUT2D eigenvalue weighted by molar-refractivity contribution is 7.98. The van der Waals surface area contributed by atoms with Crippen LogP contribution in [0.1, 0.15) is 12.0 Å². The fraction of sp³-hybridized carbons (Fsp3) is 0.412. The molecule has 0 aliphatic heterocycles. The predicted octanol–water partition coefficient (Wildman–Crippen LogP) is 2.55. The number of carboxylic acid groups (broad SMARTS) is 1. The van der Waals surface area contributed by atoms with E-state index in [2.05, 4.69) is 5.32 Å². The molecule has 0 spiro atoms. The minimum atomic E-state index is -0.860. The largest absolute Gasteiger partial charge is 0.481 e. The zero-order valence-electron chi connectivity index (χ0n) is 12.4. The Bertz CT molecular complexity index is 611.